The molecule has 16 heteroatoms. The predicted octanol–water partition coefficient (Wildman–Crippen LogP) is 4.08. The first kappa shape index (κ1) is 34.5. The summed E-state index contributed by atoms with van der Waals surface area (Å²) >= 11 is 6.54. The molecule has 3 aliphatic rings. The highest BCUT2D eigenvalue weighted by Crippen LogP contribution is 2.47. The minimum Gasteiger partial charge on any atom is -0.487 e. The number of nitrogens with two attached hydrogens (primary N) is 2. The number of hydrazine groups is 1. The van der Waals surface area contributed by atoms with Gasteiger partial charge < -0.3 is 30.4 Å². The maximum absolute atomic E-state index is 14.2. The van der Waals surface area contributed by atoms with Crippen molar-refractivity contribution >= 4 is 29.4 Å². The second-order valence-corrected chi connectivity index (χ2v) is 12.5. The number of hydrogen-bond acceptors (Lipinski definition) is 7. The standard InChI is InChI=1S/C29H37ClF5N5O5/c1-28(27(43)44)9-4-3-5-17(28)26(42)40-10-8-16-18(30)6-7-21(45-14-19(36)24(25(31)32)38(2)37)23(16)20(40)13-39-12-15(11-22(39)41)29(33,34)35/h6-7,15,17,20,25H,3-5,8-14,36-37H2,1-2H3,(H,43,44)/b24-19-/t15?,17-,20+,28-/m0/s1. The van der Waals surface area contributed by atoms with Gasteiger partial charge in [0.2, 0.25) is 11.8 Å². The number of alkyl halides is 5. The van der Waals surface area contributed by atoms with Gasteiger partial charge in [0, 0.05) is 43.7 Å². The number of aliphatic carboxylic acids is 1. The minimum atomic E-state index is -4.62. The topological polar surface area (TPSA) is 142 Å². The van der Waals surface area contributed by atoms with E-state index in [-0.39, 0.29) is 48.0 Å². The van der Waals surface area contributed by atoms with Crippen LogP contribution in [0.5, 0.6) is 5.75 Å². The third-order valence-corrected chi connectivity index (χ3v) is 9.57. The smallest absolute Gasteiger partial charge is 0.394 e. The first-order valence-electron chi connectivity index (χ1n) is 14.5. The summed E-state index contributed by atoms with van der Waals surface area (Å²) in [5, 5.41) is 11.0. The molecule has 2 aliphatic heterocycles. The van der Waals surface area contributed by atoms with E-state index in [0.717, 1.165) is 4.90 Å². The van der Waals surface area contributed by atoms with Crippen molar-refractivity contribution in [1.82, 2.24) is 14.8 Å². The highest BCUT2D eigenvalue weighted by molar-refractivity contribution is 6.31. The van der Waals surface area contributed by atoms with Crippen molar-refractivity contribution in [3.63, 3.8) is 0 Å². The van der Waals surface area contributed by atoms with E-state index in [0.29, 0.717) is 29.8 Å². The Hall–Kier alpha value is -3.33. The zero-order valence-electron chi connectivity index (χ0n) is 24.9. The van der Waals surface area contributed by atoms with E-state index in [4.69, 9.17) is 27.9 Å². The highest BCUT2D eigenvalue weighted by atomic mass is 35.5. The molecular formula is C29H37ClF5N5O5. The molecule has 0 spiro atoms. The molecule has 0 radical (unpaired) electrons. The molecule has 45 heavy (non-hydrogen) atoms. The molecule has 1 saturated heterocycles. The average molecular weight is 666 g/mol. The Morgan fingerprint density at radius 2 is 1.96 bits per heavy atom. The lowest BCUT2D eigenvalue weighted by molar-refractivity contribution is -0.171. The molecule has 0 aromatic heterocycles. The van der Waals surface area contributed by atoms with Gasteiger partial charge >= 0.3 is 12.1 Å². The summed E-state index contributed by atoms with van der Waals surface area (Å²) < 4.78 is 73.8. The number of carbonyl (C=O) groups excluding carboxylic acids is 2. The minimum absolute atomic E-state index is 0.0478. The molecule has 2 fully saturated rings. The van der Waals surface area contributed by atoms with E-state index in [1.165, 1.54) is 31.0 Å². The zero-order chi connectivity index (χ0) is 33.4. The number of nitrogens with zero attached hydrogens (tertiary/aromatic N) is 3. The van der Waals surface area contributed by atoms with E-state index in [9.17, 15) is 41.4 Å². The van der Waals surface area contributed by atoms with Crippen LogP contribution in [0.25, 0.3) is 0 Å². The molecule has 2 amide bonds. The first-order valence-corrected chi connectivity index (χ1v) is 14.9. The van der Waals surface area contributed by atoms with Crippen LogP contribution < -0.4 is 16.3 Å². The van der Waals surface area contributed by atoms with Gasteiger partial charge in [-0.1, -0.05) is 24.4 Å². The van der Waals surface area contributed by atoms with Gasteiger partial charge in [-0.05, 0) is 43.9 Å². The van der Waals surface area contributed by atoms with Crippen molar-refractivity contribution in [1.29, 1.82) is 0 Å². The van der Waals surface area contributed by atoms with Gasteiger partial charge in [-0.2, -0.15) is 13.2 Å². The van der Waals surface area contributed by atoms with Gasteiger partial charge in [-0.25, -0.2) is 14.6 Å². The molecular weight excluding hydrogens is 629 g/mol. The van der Waals surface area contributed by atoms with Gasteiger partial charge in [0.1, 0.15) is 18.1 Å². The summed E-state index contributed by atoms with van der Waals surface area (Å²) in [5.74, 6) is 0.353. The van der Waals surface area contributed by atoms with E-state index in [2.05, 4.69) is 0 Å². The number of ether oxygens (including phenoxy) is 1. The van der Waals surface area contributed by atoms with Crippen LogP contribution >= 0.6 is 11.6 Å². The second kappa shape index (κ2) is 13.2. The fourth-order valence-electron chi connectivity index (χ4n) is 6.67. The van der Waals surface area contributed by atoms with E-state index in [1.807, 2.05) is 0 Å². The molecule has 1 aliphatic carbocycles. The van der Waals surface area contributed by atoms with Crippen LogP contribution in [0.2, 0.25) is 5.02 Å². The average Bonchev–Trinajstić information content (AvgIpc) is 3.33. The number of halogens is 6. The van der Waals surface area contributed by atoms with Crippen LogP contribution in [0, 0.1) is 17.3 Å². The summed E-state index contributed by atoms with van der Waals surface area (Å²) in [4.78, 5) is 41.9. The van der Waals surface area contributed by atoms with Crippen molar-refractivity contribution in [2.75, 3.05) is 33.3 Å². The van der Waals surface area contributed by atoms with Crippen LogP contribution in [-0.2, 0) is 20.8 Å². The van der Waals surface area contributed by atoms with Crippen molar-refractivity contribution in [2.24, 2.45) is 28.8 Å². The molecule has 5 N–H and O–H groups in total. The van der Waals surface area contributed by atoms with Gasteiger partial charge in [0.05, 0.1) is 29.0 Å². The summed E-state index contributed by atoms with van der Waals surface area (Å²) in [6.45, 7) is 0.0219. The van der Waals surface area contributed by atoms with Crippen molar-refractivity contribution in [2.45, 2.75) is 64.1 Å². The number of carbonyl (C=O) groups is 3. The van der Waals surface area contributed by atoms with Crippen LogP contribution in [0.3, 0.4) is 0 Å². The molecule has 1 aromatic rings. The summed E-state index contributed by atoms with van der Waals surface area (Å²) in [5.41, 5.74) is 4.23. The number of carboxylic acids is 1. The molecule has 250 valence electrons. The van der Waals surface area contributed by atoms with Gasteiger partial charge in [0.25, 0.3) is 6.43 Å². The second-order valence-electron chi connectivity index (χ2n) is 12.1. The Morgan fingerprint density at radius 1 is 1.27 bits per heavy atom. The summed E-state index contributed by atoms with van der Waals surface area (Å²) in [7, 11) is 1.18. The van der Waals surface area contributed by atoms with Crippen LogP contribution in [-0.4, -0.2) is 83.6 Å². The van der Waals surface area contributed by atoms with E-state index >= 15 is 0 Å². The number of benzene rings is 1. The molecule has 2 heterocycles. The lowest BCUT2D eigenvalue weighted by atomic mass is 9.66. The number of allylic oxidation sites excluding steroid dienone is 1. The maximum Gasteiger partial charge on any atom is 0.394 e. The lowest BCUT2D eigenvalue weighted by Gasteiger charge is -2.45. The fourth-order valence-corrected chi connectivity index (χ4v) is 6.93. The zero-order valence-corrected chi connectivity index (χ0v) is 25.6. The van der Waals surface area contributed by atoms with Gasteiger partial charge in [-0.3, -0.25) is 14.4 Å². The van der Waals surface area contributed by atoms with Crippen molar-refractivity contribution in [3.05, 3.63) is 39.7 Å². The number of likely N-dealkylation sites (tertiary alicyclic amines) is 1. The Bertz CT molecular complexity index is 1350. The van der Waals surface area contributed by atoms with E-state index < -0.39 is 78.9 Å². The Morgan fingerprint density at radius 3 is 2.53 bits per heavy atom. The molecule has 1 unspecified atom stereocenters. The maximum atomic E-state index is 14.2. The Balaban J connectivity index is 1.78. The Kier molecular flexibility index (Phi) is 10.1. The number of carboxylic acid groups (broad SMARTS) is 1. The number of fused-ring (bicyclic) bond motifs is 1. The third kappa shape index (κ3) is 6.93. The SMILES string of the molecule is CN(N)/C(=C(\N)COc1ccc(Cl)c2c1[C@@H](CN1CC(C(F)(F)F)CC1=O)N(C(=O)[C@@H]1CCCC[C@]1(C)C(=O)O)CC2)C(F)F. The fraction of sp³-hybridized carbons (Fsp3) is 0.621. The van der Waals surface area contributed by atoms with Crippen molar-refractivity contribution in [3.8, 4) is 5.75 Å². The molecule has 1 saturated carbocycles. The van der Waals surface area contributed by atoms with Crippen molar-refractivity contribution < 1.29 is 46.2 Å². The Labute approximate surface area is 262 Å². The summed E-state index contributed by atoms with van der Waals surface area (Å²) in [6, 6.07) is 1.84. The molecule has 0 bridgehead atoms. The molecule has 4 rings (SSSR count). The normalized spacial score (nSPS) is 26.1. The number of amides is 2. The largest absolute Gasteiger partial charge is 0.487 e. The van der Waals surface area contributed by atoms with E-state index in [1.54, 1.807) is 0 Å². The third-order valence-electron chi connectivity index (χ3n) is 9.22. The molecule has 4 atom stereocenters. The van der Waals surface area contributed by atoms with Crippen LogP contribution in [0.15, 0.2) is 23.5 Å². The lowest BCUT2D eigenvalue weighted by Crippen LogP contribution is -2.52. The summed E-state index contributed by atoms with van der Waals surface area (Å²) in [6.07, 6.45) is -6.43. The van der Waals surface area contributed by atoms with Crippen LogP contribution in [0.1, 0.15) is 56.2 Å². The van der Waals surface area contributed by atoms with Crippen LogP contribution in [0.4, 0.5) is 22.0 Å². The monoisotopic (exact) mass is 665 g/mol. The first-order chi connectivity index (χ1) is 21.0. The predicted molar refractivity (Wildman–Crippen MR) is 153 cm³/mol. The van der Waals surface area contributed by atoms with Gasteiger partial charge in [-0.15, -0.1) is 0 Å². The highest BCUT2D eigenvalue weighted by Gasteiger charge is 2.51. The quantitative estimate of drug-likeness (QED) is 0.204. The molecule has 1 aromatic carbocycles. The number of rotatable bonds is 9. The van der Waals surface area contributed by atoms with Gasteiger partial charge in [0.15, 0.2) is 0 Å². The number of hydrogen-bond donors (Lipinski definition) is 3. The molecule has 10 nitrogen and oxygen atoms in total.